The summed E-state index contributed by atoms with van der Waals surface area (Å²) in [4.78, 5) is 0. The number of rotatable bonds is 3. The van der Waals surface area contributed by atoms with E-state index in [1.165, 1.54) is 15.9 Å². The molecule has 0 spiro atoms. The lowest BCUT2D eigenvalue weighted by Gasteiger charge is -2.18. The predicted octanol–water partition coefficient (Wildman–Crippen LogP) is 3.65. The summed E-state index contributed by atoms with van der Waals surface area (Å²) in [5.74, 6) is 0. The van der Waals surface area contributed by atoms with E-state index in [4.69, 9.17) is 4.20 Å². The Labute approximate surface area is 126 Å². The van der Waals surface area contributed by atoms with Crippen LogP contribution in [0.15, 0.2) is 91.0 Å². The maximum Gasteiger partial charge on any atom is 0.279 e. The van der Waals surface area contributed by atoms with E-state index in [9.17, 15) is 0 Å². The summed E-state index contributed by atoms with van der Waals surface area (Å²) in [6.07, 6.45) is 0. The molecule has 1 nitrogen and oxygen atoms in total. The largest absolute Gasteiger partial charge is 0.453 e. The van der Waals surface area contributed by atoms with Gasteiger partial charge in [0.2, 0.25) is 0 Å². The van der Waals surface area contributed by atoms with Crippen molar-refractivity contribution in [1.29, 1.82) is 0 Å². The van der Waals surface area contributed by atoms with Gasteiger partial charge < -0.3 is 4.20 Å². The van der Waals surface area contributed by atoms with Gasteiger partial charge in [-0.1, -0.05) is 54.6 Å². The molecule has 0 N–H and O–H groups in total. The van der Waals surface area contributed by atoms with Gasteiger partial charge in [0.1, 0.15) is 0 Å². The SMILES string of the molecule is [CH2-][O+]=P(c1ccccc1)(c1ccccc1)c1ccccc1. The van der Waals surface area contributed by atoms with Crippen molar-refractivity contribution in [3.05, 3.63) is 98.1 Å². The molecule has 0 fully saturated rings. The van der Waals surface area contributed by atoms with Gasteiger partial charge in [0.25, 0.3) is 7.14 Å². The normalized spacial score (nSPS) is 11.1. The summed E-state index contributed by atoms with van der Waals surface area (Å²) in [7, 11) is 1.69. The molecule has 104 valence electrons. The van der Waals surface area contributed by atoms with E-state index >= 15 is 0 Å². The Morgan fingerprint density at radius 2 is 0.810 bits per heavy atom. The maximum atomic E-state index is 5.96. The summed E-state index contributed by atoms with van der Waals surface area (Å²) in [6, 6.07) is 31.1. The van der Waals surface area contributed by atoms with Gasteiger partial charge in [-0.2, -0.15) is 0 Å². The molecule has 0 aliphatic rings. The van der Waals surface area contributed by atoms with E-state index in [1.807, 2.05) is 18.2 Å². The minimum absolute atomic E-state index is 1.18. The van der Waals surface area contributed by atoms with E-state index in [0.29, 0.717) is 0 Å². The Balaban J connectivity index is 2.35. The monoisotopic (exact) mass is 292 g/mol. The molecular formula is C19H17OP. The molecule has 21 heavy (non-hydrogen) atoms. The molecule has 2 heteroatoms. The number of hydrogen-bond donors (Lipinski definition) is 0. The van der Waals surface area contributed by atoms with Crippen LogP contribution in [0.2, 0.25) is 0 Å². The van der Waals surface area contributed by atoms with Crippen molar-refractivity contribution < 1.29 is 4.20 Å². The highest BCUT2D eigenvalue weighted by atomic mass is 31.2. The van der Waals surface area contributed by atoms with E-state index < -0.39 is 7.14 Å². The van der Waals surface area contributed by atoms with Crippen molar-refractivity contribution in [2.24, 2.45) is 0 Å². The summed E-state index contributed by atoms with van der Waals surface area (Å²) in [5, 5.41) is 3.53. The molecule has 3 aromatic rings. The number of hydrogen-bond acceptors (Lipinski definition) is 0. The molecule has 0 atom stereocenters. The zero-order valence-corrected chi connectivity index (χ0v) is 12.6. The molecule has 0 saturated heterocycles. The van der Waals surface area contributed by atoms with Crippen LogP contribution in [0.5, 0.6) is 0 Å². The zero-order chi connectivity index (χ0) is 14.5. The molecule has 0 radical (unpaired) electrons. The smallest absolute Gasteiger partial charge is 0.279 e. The number of benzene rings is 3. The van der Waals surface area contributed by atoms with Gasteiger partial charge in [-0.25, -0.2) is 0 Å². The van der Waals surface area contributed by atoms with Gasteiger partial charge in [0, 0.05) is 0 Å². The van der Waals surface area contributed by atoms with E-state index in [-0.39, 0.29) is 0 Å². The van der Waals surface area contributed by atoms with Gasteiger partial charge >= 0.3 is 0 Å². The zero-order valence-electron chi connectivity index (χ0n) is 11.7. The lowest BCUT2D eigenvalue weighted by Crippen LogP contribution is -2.25. The van der Waals surface area contributed by atoms with Crippen LogP contribution in [0, 0.1) is 7.11 Å². The van der Waals surface area contributed by atoms with Crippen LogP contribution in [-0.4, -0.2) is 0 Å². The second-order valence-electron chi connectivity index (χ2n) is 4.75. The lowest BCUT2D eigenvalue weighted by molar-refractivity contribution is 0.264. The highest BCUT2D eigenvalue weighted by Crippen LogP contribution is 2.43. The fourth-order valence-electron chi connectivity index (χ4n) is 2.58. The summed E-state index contributed by atoms with van der Waals surface area (Å²) in [6.45, 7) is 0. The molecule has 0 aliphatic carbocycles. The van der Waals surface area contributed by atoms with Crippen LogP contribution in [0.25, 0.3) is 0 Å². The van der Waals surface area contributed by atoms with Crippen molar-refractivity contribution in [1.82, 2.24) is 0 Å². The van der Waals surface area contributed by atoms with Crippen LogP contribution >= 0.6 is 7.14 Å². The van der Waals surface area contributed by atoms with Gasteiger partial charge in [-0.05, 0) is 36.4 Å². The van der Waals surface area contributed by atoms with E-state index in [1.54, 1.807) is 0 Å². The third-order valence-corrected chi connectivity index (χ3v) is 7.02. The molecule has 0 bridgehead atoms. The Hall–Kier alpha value is -2.11. The van der Waals surface area contributed by atoms with Crippen molar-refractivity contribution >= 4 is 23.1 Å². The van der Waals surface area contributed by atoms with Gasteiger partial charge in [0.15, 0.2) is 0 Å². The van der Waals surface area contributed by atoms with Crippen molar-refractivity contribution in [2.45, 2.75) is 0 Å². The summed E-state index contributed by atoms with van der Waals surface area (Å²) < 4.78 is 5.96. The molecule has 0 unspecified atom stereocenters. The average Bonchev–Trinajstić information content (AvgIpc) is 2.59. The molecule has 0 aromatic heterocycles. The third-order valence-electron chi connectivity index (χ3n) is 3.55. The first kappa shape index (κ1) is 13.9. The Bertz CT molecular complexity index is 646. The minimum Gasteiger partial charge on any atom is -0.453 e. The average molecular weight is 292 g/mol. The fourth-order valence-corrected chi connectivity index (χ4v) is 5.70. The first-order valence-electron chi connectivity index (χ1n) is 6.87. The maximum absolute atomic E-state index is 5.96. The highest BCUT2D eigenvalue weighted by Gasteiger charge is 2.35. The second kappa shape index (κ2) is 6.11. The standard InChI is InChI=1S/C19H17OP/c1-20-21(17-11-5-2-6-12-17,18-13-7-3-8-14-18)19-15-9-4-10-16-19/h2-16H,1H2. The Morgan fingerprint density at radius 1 is 0.524 bits per heavy atom. The van der Waals surface area contributed by atoms with Crippen LogP contribution in [-0.2, 0) is 4.20 Å². The molecule has 0 saturated carbocycles. The van der Waals surface area contributed by atoms with Crippen molar-refractivity contribution in [2.75, 3.05) is 0 Å². The Morgan fingerprint density at radius 3 is 1.05 bits per heavy atom. The summed E-state index contributed by atoms with van der Waals surface area (Å²) >= 11 is 0. The third kappa shape index (κ3) is 2.46. The van der Waals surface area contributed by atoms with Crippen molar-refractivity contribution in [3.63, 3.8) is 0 Å². The highest BCUT2D eigenvalue weighted by molar-refractivity contribution is 7.85. The fraction of sp³-hybridized carbons (Fsp3) is 0. The second-order valence-corrected chi connectivity index (χ2v) is 7.77. The van der Waals surface area contributed by atoms with Gasteiger partial charge in [-0.15, -0.1) is 0 Å². The van der Waals surface area contributed by atoms with E-state index in [2.05, 4.69) is 79.9 Å². The van der Waals surface area contributed by atoms with Crippen LogP contribution in [0.1, 0.15) is 0 Å². The molecule has 3 rings (SSSR count). The molecule has 0 amide bonds. The minimum atomic E-state index is -2.15. The molecular weight excluding hydrogens is 275 g/mol. The summed E-state index contributed by atoms with van der Waals surface area (Å²) in [5.41, 5.74) is 0. The van der Waals surface area contributed by atoms with Crippen LogP contribution in [0.4, 0.5) is 0 Å². The molecule has 0 aliphatic heterocycles. The topological polar surface area (TPSA) is 11.3 Å². The predicted molar refractivity (Wildman–Crippen MR) is 91.2 cm³/mol. The quantitative estimate of drug-likeness (QED) is 0.396. The first-order valence-corrected chi connectivity index (χ1v) is 8.58. The van der Waals surface area contributed by atoms with Crippen molar-refractivity contribution in [3.8, 4) is 0 Å². The van der Waals surface area contributed by atoms with Gasteiger partial charge in [0.05, 0.1) is 23.0 Å². The first-order chi connectivity index (χ1) is 10.4. The molecule has 0 heterocycles. The Kier molecular flexibility index (Phi) is 4.03. The van der Waals surface area contributed by atoms with Gasteiger partial charge in [-0.3, -0.25) is 0 Å². The van der Waals surface area contributed by atoms with E-state index in [0.717, 1.165) is 0 Å². The van der Waals surface area contributed by atoms with Crippen LogP contribution in [0.3, 0.4) is 0 Å². The molecule has 3 aromatic carbocycles. The van der Waals surface area contributed by atoms with Crippen LogP contribution < -0.4 is 15.9 Å². The lowest BCUT2D eigenvalue weighted by atomic mass is 10.4.